The van der Waals surface area contributed by atoms with Gasteiger partial charge >= 0.3 is 0 Å². The Morgan fingerprint density at radius 2 is 1.90 bits per heavy atom. The lowest BCUT2D eigenvalue weighted by atomic mass is 9.81. The van der Waals surface area contributed by atoms with E-state index in [0.717, 1.165) is 25.8 Å². The average Bonchev–Trinajstić information content (AvgIpc) is 2.39. The van der Waals surface area contributed by atoms with Crippen LogP contribution < -0.4 is 5.73 Å². The predicted molar refractivity (Wildman–Crippen MR) is 83.5 cm³/mol. The molecule has 3 N–H and O–H groups in total. The summed E-state index contributed by atoms with van der Waals surface area (Å²) in [6.07, 6.45) is 2.76. The zero-order valence-corrected chi connectivity index (χ0v) is 12.9. The first-order valence-electron chi connectivity index (χ1n) is 7.71. The molecule has 2 rings (SSSR count). The first-order valence-corrected chi connectivity index (χ1v) is 7.71. The van der Waals surface area contributed by atoms with E-state index in [-0.39, 0.29) is 18.2 Å². The Bertz CT molecular complexity index is 412. The maximum absolute atomic E-state index is 9.43. The highest BCUT2D eigenvalue weighted by Crippen LogP contribution is 2.31. The minimum atomic E-state index is -0.0777. The second-order valence-corrected chi connectivity index (χ2v) is 6.36. The lowest BCUT2D eigenvalue weighted by Gasteiger charge is -2.39. The number of nitrogens with zero attached hydrogens (tertiary/aromatic N) is 1. The van der Waals surface area contributed by atoms with Gasteiger partial charge in [-0.1, -0.05) is 36.8 Å². The number of benzene rings is 1. The van der Waals surface area contributed by atoms with E-state index in [1.807, 2.05) is 0 Å². The van der Waals surface area contributed by atoms with Gasteiger partial charge in [0.1, 0.15) is 0 Å². The van der Waals surface area contributed by atoms with Crippen LogP contribution in [0.2, 0.25) is 0 Å². The van der Waals surface area contributed by atoms with Crippen LogP contribution in [0.4, 0.5) is 0 Å². The minimum Gasteiger partial charge on any atom is -0.393 e. The summed E-state index contributed by atoms with van der Waals surface area (Å²) >= 11 is 0. The van der Waals surface area contributed by atoms with Crippen LogP contribution in [0.25, 0.3) is 0 Å². The molecular formula is C17H28N2O. The maximum atomic E-state index is 9.43. The summed E-state index contributed by atoms with van der Waals surface area (Å²) in [5, 5.41) is 9.43. The van der Waals surface area contributed by atoms with Crippen molar-refractivity contribution in [2.24, 2.45) is 11.7 Å². The van der Waals surface area contributed by atoms with E-state index in [9.17, 15) is 5.11 Å². The molecule has 3 heteroatoms. The van der Waals surface area contributed by atoms with Gasteiger partial charge in [-0.3, -0.25) is 4.90 Å². The fourth-order valence-electron chi connectivity index (χ4n) is 3.19. The van der Waals surface area contributed by atoms with Gasteiger partial charge in [-0.2, -0.15) is 0 Å². The standard InChI is InChI=1S/C17H28N2O/c1-4-16(18)17(14-7-5-12(2)6-8-14)19(3)11-13-9-15(20)10-13/h5-8,13,15-17,20H,4,9-11,18H2,1-3H3. The quantitative estimate of drug-likeness (QED) is 0.839. The summed E-state index contributed by atoms with van der Waals surface area (Å²) < 4.78 is 0. The van der Waals surface area contributed by atoms with Gasteiger partial charge in [-0.25, -0.2) is 0 Å². The molecule has 1 aromatic carbocycles. The molecule has 0 saturated heterocycles. The molecule has 0 aromatic heterocycles. The SMILES string of the molecule is CCC(N)C(c1ccc(C)cc1)N(C)CC1CC(O)C1. The molecule has 1 aromatic rings. The number of aliphatic hydroxyl groups excluding tert-OH is 1. The third-order valence-electron chi connectivity index (χ3n) is 4.53. The molecule has 1 saturated carbocycles. The molecule has 0 radical (unpaired) electrons. The van der Waals surface area contributed by atoms with Gasteiger partial charge in [0.25, 0.3) is 0 Å². The van der Waals surface area contributed by atoms with Gasteiger partial charge in [-0.15, -0.1) is 0 Å². The molecule has 0 spiro atoms. The van der Waals surface area contributed by atoms with Crippen LogP contribution in [0.1, 0.15) is 43.4 Å². The van der Waals surface area contributed by atoms with Crippen molar-refractivity contribution in [1.82, 2.24) is 4.90 Å². The van der Waals surface area contributed by atoms with E-state index < -0.39 is 0 Å². The van der Waals surface area contributed by atoms with Crippen LogP contribution in [-0.4, -0.2) is 35.7 Å². The number of aryl methyl sites for hydroxylation is 1. The van der Waals surface area contributed by atoms with Gasteiger partial charge in [0.05, 0.1) is 6.10 Å². The van der Waals surface area contributed by atoms with Crippen molar-refractivity contribution in [2.45, 2.75) is 51.3 Å². The van der Waals surface area contributed by atoms with E-state index in [1.54, 1.807) is 0 Å². The van der Waals surface area contributed by atoms with Crippen LogP contribution in [0.15, 0.2) is 24.3 Å². The summed E-state index contributed by atoms with van der Waals surface area (Å²) in [6, 6.07) is 9.12. The number of hydrogen-bond donors (Lipinski definition) is 2. The zero-order valence-electron chi connectivity index (χ0n) is 12.9. The highest BCUT2D eigenvalue weighted by Gasteiger charge is 2.31. The van der Waals surface area contributed by atoms with Gasteiger partial charge in [0.2, 0.25) is 0 Å². The topological polar surface area (TPSA) is 49.5 Å². The van der Waals surface area contributed by atoms with E-state index >= 15 is 0 Å². The van der Waals surface area contributed by atoms with Gasteiger partial charge in [0.15, 0.2) is 0 Å². The van der Waals surface area contributed by atoms with E-state index in [4.69, 9.17) is 5.73 Å². The second kappa shape index (κ2) is 6.70. The smallest absolute Gasteiger partial charge is 0.0546 e. The van der Waals surface area contributed by atoms with Crippen molar-refractivity contribution in [1.29, 1.82) is 0 Å². The predicted octanol–water partition coefficient (Wildman–Crippen LogP) is 2.48. The normalized spacial score (nSPS) is 25.3. The average molecular weight is 276 g/mol. The van der Waals surface area contributed by atoms with Crippen LogP contribution in [0.5, 0.6) is 0 Å². The number of hydrogen-bond acceptors (Lipinski definition) is 3. The minimum absolute atomic E-state index is 0.0777. The van der Waals surface area contributed by atoms with Gasteiger partial charge < -0.3 is 10.8 Å². The number of rotatable bonds is 6. The summed E-state index contributed by atoms with van der Waals surface area (Å²) in [6.45, 7) is 5.27. The summed E-state index contributed by atoms with van der Waals surface area (Å²) in [7, 11) is 2.16. The molecule has 0 heterocycles. The van der Waals surface area contributed by atoms with Crippen LogP contribution in [0.3, 0.4) is 0 Å². The highest BCUT2D eigenvalue weighted by molar-refractivity contribution is 5.25. The van der Waals surface area contributed by atoms with Gasteiger partial charge in [0, 0.05) is 18.6 Å². The van der Waals surface area contributed by atoms with E-state index in [1.165, 1.54) is 11.1 Å². The largest absolute Gasteiger partial charge is 0.393 e. The first kappa shape index (κ1) is 15.5. The molecule has 2 atom stereocenters. The monoisotopic (exact) mass is 276 g/mol. The number of likely N-dealkylation sites (N-methyl/N-ethyl adjacent to an activating group) is 1. The highest BCUT2D eigenvalue weighted by atomic mass is 16.3. The van der Waals surface area contributed by atoms with Crippen molar-refractivity contribution in [2.75, 3.05) is 13.6 Å². The molecule has 1 aliphatic carbocycles. The van der Waals surface area contributed by atoms with Crippen molar-refractivity contribution >= 4 is 0 Å². The van der Waals surface area contributed by atoms with Crippen molar-refractivity contribution < 1.29 is 5.11 Å². The molecule has 0 amide bonds. The molecule has 3 nitrogen and oxygen atoms in total. The first-order chi connectivity index (χ1) is 9.51. The van der Waals surface area contributed by atoms with Crippen molar-refractivity contribution in [3.05, 3.63) is 35.4 Å². The molecule has 20 heavy (non-hydrogen) atoms. The summed E-state index contributed by atoms with van der Waals surface area (Å²) in [4.78, 5) is 2.37. The Labute approximate surface area is 122 Å². The van der Waals surface area contributed by atoms with Crippen LogP contribution in [0, 0.1) is 12.8 Å². The Morgan fingerprint density at radius 3 is 2.40 bits per heavy atom. The molecule has 1 aliphatic rings. The third-order valence-corrected chi connectivity index (χ3v) is 4.53. The van der Waals surface area contributed by atoms with Crippen molar-refractivity contribution in [3.63, 3.8) is 0 Å². The van der Waals surface area contributed by atoms with Crippen molar-refractivity contribution in [3.8, 4) is 0 Å². The van der Waals surface area contributed by atoms with Crippen LogP contribution >= 0.6 is 0 Å². The Balaban J connectivity index is 2.08. The zero-order chi connectivity index (χ0) is 14.7. The van der Waals surface area contributed by atoms with Gasteiger partial charge in [-0.05, 0) is 44.7 Å². The Kier molecular flexibility index (Phi) is 5.19. The molecule has 1 fully saturated rings. The fourth-order valence-corrected chi connectivity index (χ4v) is 3.19. The Morgan fingerprint density at radius 1 is 1.30 bits per heavy atom. The lowest BCUT2D eigenvalue weighted by Crippen LogP contribution is -2.44. The molecule has 0 bridgehead atoms. The second-order valence-electron chi connectivity index (χ2n) is 6.36. The van der Waals surface area contributed by atoms with Crippen LogP contribution in [-0.2, 0) is 0 Å². The molecule has 2 unspecified atom stereocenters. The third kappa shape index (κ3) is 3.60. The van der Waals surface area contributed by atoms with E-state index in [2.05, 4.69) is 50.1 Å². The summed E-state index contributed by atoms with van der Waals surface area (Å²) in [5.41, 5.74) is 8.94. The fraction of sp³-hybridized carbons (Fsp3) is 0.647. The maximum Gasteiger partial charge on any atom is 0.0546 e. The van der Waals surface area contributed by atoms with E-state index in [0.29, 0.717) is 5.92 Å². The molecular weight excluding hydrogens is 248 g/mol. The number of nitrogens with two attached hydrogens (primary N) is 1. The summed E-state index contributed by atoms with van der Waals surface area (Å²) in [5.74, 6) is 0.618. The number of aliphatic hydroxyl groups is 1. The molecule has 0 aliphatic heterocycles. The lowest BCUT2D eigenvalue weighted by molar-refractivity contribution is 0.0197. The molecule has 112 valence electrons. The Hall–Kier alpha value is -0.900.